The molecule has 1 aliphatic heterocycles. The fourth-order valence-electron chi connectivity index (χ4n) is 2.20. The third kappa shape index (κ3) is 2.35. The summed E-state index contributed by atoms with van der Waals surface area (Å²) < 4.78 is 7.67. The van der Waals surface area contributed by atoms with Crippen LogP contribution in [0.4, 0.5) is 5.69 Å². The van der Waals surface area contributed by atoms with Crippen molar-refractivity contribution in [1.82, 2.24) is 0 Å². The van der Waals surface area contributed by atoms with E-state index >= 15 is 0 Å². The summed E-state index contributed by atoms with van der Waals surface area (Å²) in [5.74, 6) is 0.944. The van der Waals surface area contributed by atoms with Gasteiger partial charge in [0, 0.05) is 36.8 Å². The number of rotatable bonds is 3. The summed E-state index contributed by atoms with van der Waals surface area (Å²) in [7, 11) is 0. The topological polar surface area (TPSA) is 16.4 Å². The first-order valence-electron chi connectivity index (χ1n) is 6.23. The molecule has 3 rings (SSSR count). The number of hydrogen-bond acceptors (Lipinski definition) is 2. The Hall–Kier alpha value is -1.09. The van der Waals surface area contributed by atoms with E-state index in [2.05, 4.69) is 34.0 Å². The molecule has 86 valence electrons. The number of anilines is 1. The molecule has 16 heavy (non-hydrogen) atoms. The van der Waals surface area contributed by atoms with Crippen LogP contribution in [0.15, 0.2) is 24.5 Å². The lowest BCUT2D eigenvalue weighted by Gasteiger charge is -2.28. The molecule has 0 amide bonds. The van der Waals surface area contributed by atoms with E-state index in [-0.39, 0.29) is 0 Å². The molecule has 1 aliphatic carbocycles. The minimum absolute atomic E-state index is 0.858. The maximum absolute atomic E-state index is 5.36. The Balaban J connectivity index is 1.65. The van der Waals surface area contributed by atoms with Gasteiger partial charge in [0.1, 0.15) is 0 Å². The molecule has 0 N–H and O–H groups in total. The molecule has 2 aliphatic rings. The first-order valence-corrected chi connectivity index (χ1v) is 6.23. The van der Waals surface area contributed by atoms with Crippen LogP contribution in [0.2, 0.25) is 0 Å². The van der Waals surface area contributed by atoms with E-state index in [1.807, 2.05) is 0 Å². The van der Waals surface area contributed by atoms with Crippen LogP contribution in [0.3, 0.4) is 0 Å². The van der Waals surface area contributed by atoms with E-state index < -0.39 is 0 Å². The second-order valence-electron chi connectivity index (χ2n) is 4.80. The average molecular weight is 219 g/mol. The van der Waals surface area contributed by atoms with Crippen molar-refractivity contribution in [3.63, 3.8) is 0 Å². The Morgan fingerprint density at radius 3 is 2.50 bits per heavy atom. The van der Waals surface area contributed by atoms with E-state index in [4.69, 9.17) is 4.74 Å². The van der Waals surface area contributed by atoms with Crippen molar-refractivity contribution in [2.75, 3.05) is 31.2 Å². The molecule has 2 fully saturated rings. The predicted octanol–water partition coefficient (Wildman–Crippen LogP) is 1.22. The molecule has 0 aromatic carbocycles. The van der Waals surface area contributed by atoms with Gasteiger partial charge in [-0.2, -0.15) is 0 Å². The summed E-state index contributed by atoms with van der Waals surface area (Å²) in [5.41, 5.74) is 1.33. The lowest BCUT2D eigenvalue weighted by Crippen LogP contribution is -2.38. The molecule has 3 nitrogen and oxygen atoms in total. The molecule has 1 aromatic heterocycles. The van der Waals surface area contributed by atoms with Gasteiger partial charge in [0.2, 0.25) is 0 Å². The summed E-state index contributed by atoms with van der Waals surface area (Å²) in [4.78, 5) is 2.39. The van der Waals surface area contributed by atoms with Crippen LogP contribution in [0.25, 0.3) is 0 Å². The number of morpholine rings is 1. The van der Waals surface area contributed by atoms with E-state index in [9.17, 15) is 0 Å². The third-order valence-corrected chi connectivity index (χ3v) is 3.42. The molecule has 3 heteroatoms. The fourth-order valence-corrected chi connectivity index (χ4v) is 2.20. The minimum Gasteiger partial charge on any atom is -0.378 e. The molecule has 0 unspecified atom stereocenters. The molecule has 0 bridgehead atoms. The highest BCUT2D eigenvalue weighted by molar-refractivity contribution is 5.43. The predicted molar refractivity (Wildman–Crippen MR) is 62.4 cm³/mol. The van der Waals surface area contributed by atoms with Crippen molar-refractivity contribution in [1.29, 1.82) is 0 Å². The maximum atomic E-state index is 5.36. The van der Waals surface area contributed by atoms with Gasteiger partial charge in [0.25, 0.3) is 0 Å². The van der Waals surface area contributed by atoms with Crippen molar-refractivity contribution < 1.29 is 9.30 Å². The molecule has 2 heterocycles. The van der Waals surface area contributed by atoms with E-state index in [0.29, 0.717) is 0 Å². The Labute approximate surface area is 96.6 Å². The number of hydrogen-bond donors (Lipinski definition) is 0. The van der Waals surface area contributed by atoms with Crippen LogP contribution in [-0.4, -0.2) is 26.3 Å². The van der Waals surface area contributed by atoms with Crippen molar-refractivity contribution in [2.45, 2.75) is 19.4 Å². The van der Waals surface area contributed by atoms with Crippen LogP contribution in [0, 0.1) is 5.92 Å². The fraction of sp³-hybridized carbons (Fsp3) is 0.615. The van der Waals surface area contributed by atoms with Crippen LogP contribution in [0.5, 0.6) is 0 Å². The molecule has 0 atom stereocenters. The molecule has 0 spiro atoms. The zero-order chi connectivity index (χ0) is 10.8. The number of pyridine rings is 1. The highest BCUT2D eigenvalue weighted by Gasteiger charge is 2.25. The van der Waals surface area contributed by atoms with Crippen LogP contribution >= 0.6 is 0 Å². The van der Waals surface area contributed by atoms with Gasteiger partial charge in [-0.15, -0.1) is 0 Å². The first kappa shape index (κ1) is 10.1. The molecule has 1 saturated carbocycles. The second kappa shape index (κ2) is 4.42. The lowest BCUT2D eigenvalue weighted by atomic mass is 10.3. The maximum Gasteiger partial charge on any atom is 0.170 e. The minimum atomic E-state index is 0.858. The molecule has 1 saturated heterocycles. The number of aromatic nitrogens is 1. The number of nitrogens with zero attached hydrogens (tertiary/aromatic N) is 2. The van der Waals surface area contributed by atoms with Gasteiger partial charge in [0.15, 0.2) is 18.9 Å². The summed E-state index contributed by atoms with van der Waals surface area (Å²) in [6.07, 6.45) is 7.25. The smallest absolute Gasteiger partial charge is 0.170 e. The highest BCUT2D eigenvalue weighted by Crippen LogP contribution is 2.28. The monoisotopic (exact) mass is 219 g/mol. The summed E-state index contributed by atoms with van der Waals surface area (Å²) in [5, 5.41) is 0. The summed E-state index contributed by atoms with van der Waals surface area (Å²) in [6.45, 7) is 4.95. The zero-order valence-electron chi connectivity index (χ0n) is 9.64. The van der Waals surface area contributed by atoms with Gasteiger partial charge in [-0.3, -0.25) is 0 Å². The van der Waals surface area contributed by atoms with Crippen molar-refractivity contribution in [2.24, 2.45) is 5.92 Å². The van der Waals surface area contributed by atoms with Gasteiger partial charge in [0.05, 0.1) is 13.2 Å². The highest BCUT2D eigenvalue weighted by atomic mass is 16.5. The Morgan fingerprint density at radius 1 is 1.19 bits per heavy atom. The summed E-state index contributed by atoms with van der Waals surface area (Å²) in [6, 6.07) is 4.46. The normalized spacial score (nSPS) is 21.1. The van der Waals surface area contributed by atoms with E-state index in [1.54, 1.807) is 0 Å². The van der Waals surface area contributed by atoms with Crippen molar-refractivity contribution in [3.8, 4) is 0 Å². The molecular weight excluding hydrogens is 200 g/mol. The molecular formula is C13H19N2O+. The van der Waals surface area contributed by atoms with Crippen LogP contribution < -0.4 is 9.47 Å². The largest absolute Gasteiger partial charge is 0.378 e. The first-order chi connectivity index (χ1) is 7.92. The van der Waals surface area contributed by atoms with Crippen molar-refractivity contribution >= 4 is 5.69 Å². The molecule has 1 aromatic rings. The Kier molecular flexibility index (Phi) is 2.79. The lowest BCUT2D eigenvalue weighted by molar-refractivity contribution is -0.700. The SMILES string of the molecule is c1c[n+](CC2CC2)ccc1N1CCOCC1. The Bertz CT molecular complexity index is 339. The van der Waals surface area contributed by atoms with Crippen molar-refractivity contribution in [3.05, 3.63) is 24.5 Å². The van der Waals surface area contributed by atoms with Crippen LogP contribution in [-0.2, 0) is 11.3 Å². The van der Waals surface area contributed by atoms with Gasteiger partial charge in [-0.05, 0) is 12.8 Å². The standard InChI is InChI=1S/C13H19N2O/c1-2-12(1)11-14-5-3-13(4-6-14)15-7-9-16-10-8-15/h3-6,12H,1-2,7-11H2/q+1. The van der Waals surface area contributed by atoms with Gasteiger partial charge >= 0.3 is 0 Å². The third-order valence-electron chi connectivity index (χ3n) is 3.42. The quantitative estimate of drug-likeness (QED) is 0.711. The zero-order valence-corrected chi connectivity index (χ0v) is 9.64. The summed E-state index contributed by atoms with van der Waals surface area (Å²) >= 11 is 0. The van der Waals surface area contributed by atoms with Gasteiger partial charge in [-0.1, -0.05) is 0 Å². The number of ether oxygens (including phenoxy) is 1. The Morgan fingerprint density at radius 2 is 1.88 bits per heavy atom. The van der Waals surface area contributed by atoms with E-state index in [0.717, 1.165) is 32.2 Å². The van der Waals surface area contributed by atoms with Gasteiger partial charge < -0.3 is 9.64 Å². The molecule has 0 radical (unpaired) electrons. The van der Waals surface area contributed by atoms with Crippen LogP contribution in [0.1, 0.15) is 12.8 Å². The average Bonchev–Trinajstić information content (AvgIpc) is 3.15. The van der Waals surface area contributed by atoms with E-state index in [1.165, 1.54) is 25.1 Å². The second-order valence-corrected chi connectivity index (χ2v) is 4.80. The van der Waals surface area contributed by atoms with Gasteiger partial charge in [-0.25, -0.2) is 4.57 Å².